The summed E-state index contributed by atoms with van der Waals surface area (Å²) in [6.45, 7) is 2.00. The summed E-state index contributed by atoms with van der Waals surface area (Å²) >= 11 is 0. The highest BCUT2D eigenvalue weighted by atomic mass is 19.4. The molecule has 0 spiro atoms. The second-order valence-corrected chi connectivity index (χ2v) is 10.9. The third-order valence-electron chi connectivity index (χ3n) is 8.09. The third-order valence-corrected chi connectivity index (χ3v) is 8.09. The summed E-state index contributed by atoms with van der Waals surface area (Å²) in [6, 6.07) is 19.9. The van der Waals surface area contributed by atoms with Crippen LogP contribution in [0, 0.1) is 28.5 Å². The first-order valence-corrected chi connectivity index (χ1v) is 14.3. The van der Waals surface area contributed by atoms with Crippen LogP contribution in [0.4, 0.5) is 28.9 Å². The number of pyridine rings is 1. The van der Waals surface area contributed by atoms with Crippen LogP contribution in [-0.2, 0) is 0 Å². The van der Waals surface area contributed by atoms with Crippen molar-refractivity contribution in [3.8, 4) is 12.1 Å². The molecular formula is C33H28F4N8. The molecule has 4 N–H and O–H groups in total. The zero-order chi connectivity index (χ0) is 32.7. The molecule has 0 amide bonds. The van der Waals surface area contributed by atoms with Crippen molar-refractivity contribution in [3.05, 3.63) is 113 Å². The largest absolute Gasteiger partial charge is 0.413 e. The second-order valence-electron chi connectivity index (χ2n) is 10.9. The summed E-state index contributed by atoms with van der Waals surface area (Å²) in [5, 5.41) is 28.0. The Morgan fingerprint density at radius 3 is 2.36 bits per heavy atom. The van der Waals surface area contributed by atoms with Crippen LogP contribution in [0.15, 0.2) is 84.8 Å². The zero-order valence-corrected chi connectivity index (χ0v) is 24.0. The van der Waals surface area contributed by atoms with E-state index in [0.29, 0.717) is 23.0 Å². The average molecular weight is 614 g/mol. The van der Waals surface area contributed by atoms with Crippen molar-refractivity contribution in [2.75, 3.05) is 10.6 Å². The lowest BCUT2D eigenvalue weighted by atomic mass is 10.00. The minimum Gasteiger partial charge on any atom is -0.377 e. The maximum Gasteiger partial charge on any atom is 0.413 e. The standard InChI is InChI=1S/C33H28F4N8/c1-2-27(20-6-4-3-5-7-20)42-30-23(17-39)18-40-29-22(16-38)14-25(15-26(29)30)41-31(21-8-10-24(34)11-9-21)28-19-45(44-43-28)32(12-13-32)33(35,36)37/h3-11,14-15,18-19,27,31,41,43-44H,2,12-13H2,1H3,(H,40,42)/t27-,31+/m1/s1/i31D. The first-order valence-electron chi connectivity index (χ1n) is 14.8. The molecule has 2 heterocycles. The molecule has 4 aromatic rings. The summed E-state index contributed by atoms with van der Waals surface area (Å²) in [5.74, 6) is -0.555. The lowest BCUT2D eigenvalue weighted by molar-refractivity contribution is -0.195. The molecule has 1 aliphatic carbocycles. The Hall–Kier alpha value is -5.33. The number of hydrogen-bond donors (Lipinski definition) is 4. The minimum atomic E-state index is -4.52. The van der Waals surface area contributed by atoms with E-state index in [1.165, 1.54) is 30.6 Å². The third kappa shape index (κ3) is 5.56. The fourth-order valence-corrected chi connectivity index (χ4v) is 5.49. The van der Waals surface area contributed by atoms with Gasteiger partial charge in [-0.25, -0.2) is 4.39 Å². The highest BCUT2D eigenvalue weighted by Gasteiger charge is 2.67. The summed E-state index contributed by atoms with van der Waals surface area (Å²) in [7, 11) is 0. The molecule has 12 heteroatoms. The Morgan fingerprint density at radius 1 is 1.02 bits per heavy atom. The van der Waals surface area contributed by atoms with Crippen molar-refractivity contribution in [1.82, 2.24) is 21.0 Å². The van der Waals surface area contributed by atoms with Crippen LogP contribution in [0.3, 0.4) is 0 Å². The lowest BCUT2D eigenvalue weighted by Gasteiger charge is -2.28. The maximum atomic E-state index is 13.9. The van der Waals surface area contributed by atoms with Crippen LogP contribution in [0.5, 0.6) is 0 Å². The maximum absolute atomic E-state index is 13.9. The predicted octanol–water partition coefficient (Wildman–Crippen LogP) is 7.09. The second kappa shape index (κ2) is 11.6. The summed E-state index contributed by atoms with van der Waals surface area (Å²) in [6.07, 6.45) is -1.51. The first kappa shape index (κ1) is 28.4. The lowest BCUT2D eigenvalue weighted by Crippen LogP contribution is -2.52. The van der Waals surface area contributed by atoms with Gasteiger partial charge in [-0.1, -0.05) is 49.4 Å². The number of nitrogens with zero attached hydrogens (tertiary/aromatic N) is 4. The number of nitriles is 2. The smallest absolute Gasteiger partial charge is 0.377 e. The number of nitrogens with one attached hydrogen (secondary N) is 4. The number of hydrogen-bond acceptors (Lipinski definition) is 8. The molecule has 0 saturated heterocycles. The van der Waals surface area contributed by atoms with E-state index in [9.17, 15) is 29.5 Å². The monoisotopic (exact) mass is 613 g/mol. The number of rotatable bonds is 9. The van der Waals surface area contributed by atoms with E-state index >= 15 is 0 Å². The molecule has 0 radical (unpaired) electrons. The molecule has 228 valence electrons. The highest BCUT2D eigenvalue weighted by molar-refractivity contribution is 5.99. The molecule has 1 aromatic heterocycles. The molecule has 8 nitrogen and oxygen atoms in total. The van der Waals surface area contributed by atoms with Crippen molar-refractivity contribution < 1.29 is 18.9 Å². The van der Waals surface area contributed by atoms with E-state index < -0.39 is 23.6 Å². The number of aromatic nitrogens is 1. The van der Waals surface area contributed by atoms with Crippen molar-refractivity contribution in [2.45, 2.75) is 50.0 Å². The van der Waals surface area contributed by atoms with Gasteiger partial charge in [0.05, 0.1) is 41.5 Å². The van der Waals surface area contributed by atoms with Gasteiger partial charge in [0.25, 0.3) is 0 Å². The quantitative estimate of drug-likeness (QED) is 0.148. The first-order chi connectivity index (χ1) is 22.0. The number of anilines is 2. The van der Waals surface area contributed by atoms with E-state index in [2.05, 4.69) is 38.7 Å². The van der Waals surface area contributed by atoms with Gasteiger partial charge in [0.1, 0.15) is 18.0 Å². The fraction of sp³-hybridized carbons (Fsp3) is 0.242. The molecule has 3 aromatic carbocycles. The number of hydrazine groups is 2. The van der Waals surface area contributed by atoms with Gasteiger partial charge in [-0.15, -0.1) is 5.53 Å². The van der Waals surface area contributed by atoms with Crippen LogP contribution in [0.1, 0.15) is 61.9 Å². The van der Waals surface area contributed by atoms with Gasteiger partial charge in [0.2, 0.25) is 0 Å². The van der Waals surface area contributed by atoms with Crippen molar-refractivity contribution in [2.24, 2.45) is 0 Å². The van der Waals surface area contributed by atoms with Crippen LogP contribution < -0.4 is 21.6 Å². The number of fused-ring (bicyclic) bond motifs is 1. The molecule has 45 heavy (non-hydrogen) atoms. The van der Waals surface area contributed by atoms with Crippen molar-refractivity contribution in [3.63, 3.8) is 0 Å². The average Bonchev–Trinajstić information content (AvgIpc) is 3.73. The minimum absolute atomic E-state index is 0.00520. The normalized spacial score (nSPS) is 17.6. The SMILES string of the molecule is [2H][C@@](Nc1cc(C#N)c2ncc(C#N)c(N[C@H](CC)c3ccccc3)c2c1)(C1=CN(C2(C(F)(F)F)CC2)NN1)c1ccc(F)cc1. The Kier molecular flexibility index (Phi) is 7.35. The van der Waals surface area contributed by atoms with Gasteiger partial charge in [0.15, 0.2) is 5.54 Å². The molecule has 1 aliphatic heterocycles. The van der Waals surface area contributed by atoms with E-state index in [1.54, 1.807) is 6.07 Å². The van der Waals surface area contributed by atoms with E-state index in [1.807, 2.05) is 37.3 Å². The highest BCUT2D eigenvalue weighted by Crippen LogP contribution is 2.53. The molecule has 1 fully saturated rings. The molecule has 6 rings (SSSR count). The van der Waals surface area contributed by atoms with Gasteiger partial charge in [-0.05, 0) is 54.7 Å². The Bertz CT molecular complexity index is 1900. The van der Waals surface area contributed by atoms with Crippen LogP contribution >= 0.6 is 0 Å². The zero-order valence-electron chi connectivity index (χ0n) is 25.0. The van der Waals surface area contributed by atoms with Crippen molar-refractivity contribution in [1.29, 1.82) is 10.5 Å². The Morgan fingerprint density at radius 2 is 1.73 bits per heavy atom. The number of alkyl halides is 3. The molecule has 2 aliphatic rings. The van der Waals surface area contributed by atoms with Crippen molar-refractivity contribution >= 4 is 22.3 Å². The summed E-state index contributed by atoms with van der Waals surface area (Å²) in [5.41, 5.74) is 5.71. The summed E-state index contributed by atoms with van der Waals surface area (Å²) < 4.78 is 65.3. The van der Waals surface area contributed by atoms with E-state index in [0.717, 1.165) is 22.7 Å². The topological polar surface area (TPSA) is 112 Å². The molecule has 0 bridgehead atoms. The van der Waals surface area contributed by atoms with E-state index in [-0.39, 0.29) is 47.0 Å². The number of benzene rings is 3. The van der Waals surface area contributed by atoms with Gasteiger partial charge >= 0.3 is 6.18 Å². The van der Waals surface area contributed by atoms with Crippen LogP contribution in [-0.4, -0.2) is 21.7 Å². The Balaban J connectivity index is 1.47. The van der Waals surface area contributed by atoms with Crippen LogP contribution in [0.2, 0.25) is 0 Å². The molecule has 0 unspecified atom stereocenters. The molecule has 2 atom stereocenters. The van der Waals surface area contributed by atoms with Gasteiger partial charge in [-0.3, -0.25) is 9.99 Å². The Labute approximate surface area is 258 Å². The predicted molar refractivity (Wildman–Crippen MR) is 161 cm³/mol. The van der Waals surface area contributed by atoms with Crippen LogP contribution in [0.25, 0.3) is 10.9 Å². The van der Waals surface area contributed by atoms with Gasteiger partial charge in [0, 0.05) is 23.5 Å². The number of halogens is 4. The summed E-state index contributed by atoms with van der Waals surface area (Å²) in [4.78, 5) is 4.39. The van der Waals surface area contributed by atoms with Gasteiger partial charge < -0.3 is 16.1 Å². The van der Waals surface area contributed by atoms with E-state index in [4.69, 9.17) is 0 Å². The van der Waals surface area contributed by atoms with Gasteiger partial charge in [-0.2, -0.15) is 23.7 Å². The fourth-order valence-electron chi connectivity index (χ4n) is 5.49. The molecular weight excluding hydrogens is 584 g/mol. The molecule has 1 saturated carbocycles.